The number of carbonyl (C=O) groups is 1. The highest BCUT2D eigenvalue weighted by molar-refractivity contribution is 5.81. The number of aryl methyl sites for hydroxylation is 2. The first-order chi connectivity index (χ1) is 15.7. The molecule has 1 aliphatic heterocycles. The van der Waals surface area contributed by atoms with Crippen molar-refractivity contribution in [2.24, 2.45) is 0 Å². The first-order valence-electron chi connectivity index (χ1n) is 12.5. The Morgan fingerprint density at radius 2 is 1.84 bits per heavy atom. The summed E-state index contributed by atoms with van der Waals surface area (Å²) in [5.74, 6) is 1.70. The molecule has 32 heavy (non-hydrogen) atoms. The molecule has 1 heterocycles. The fourth-order valence-electron chi connectivity index (χ4n) is 5.78. The number of hydrogen-bond acceptors (Lipinski definition) is 3. The zero-order chi connectivity index (χ0) is 22.0. The summed E-state index contributed by atoms with van der Waals surface area (Å²) < 4.78 is 12.7. The van der Waals surface area contributed by atoms with Crippen molar-refractivity contribution in [1.82, 2.24) is 5.32 Å². The molecule has 0 saturated heterocycles. The summed E-state index contributed by atoms with van der Waals surface area (Å²) >= 11 is 0. The van der Waals surface area contributed by atoms with Crippen molar-refractivity contribution in [2.45, 2.75) is 95.3 Å². The molecule has 1 fully saturated rings. The van der Waals surface area contributed by atoms with Crippen LogP contribution in [0.25, 0.3) is 0 Å². The molecule has 0 radical (unpaired) electrons. The van der Waals surface area contributed by atoms with E-state index in [4.69, 9.17) is 9.47 Å². The van der Waals surface area contributed by atoms with Crippen molar-refractivity contribution in [3.63, 3.8) is 0 Å². The van der Waals surface area contributed by atoms with Crippen LogP contribution in [0.5, 0.6) is 11.5 Å². The van der Waals surface area contributed by atoms with E-state index in [-0.39, 0.29) is 17.6 Å². The molecule has 0 aromatic heterocycles. The molecule has 2 atom stereocenters. The van der Waals surface area contributed by atoms with Gasteiger partial charge in [-0.1, -0.05) is 37.6 Å². The fraction of sp³-hybridized carbons (Fsp3) is 0.536. The van der Waals surface area contributed by atoms with E-state index in [0.717, 1.165) is 49.2 Å². The summed E-state index contributed by atoms with van der Waals surface area (Å²) in [6.45, 7) is 2.02. The van der Waals surface area contributed by atoms with E-state index in [9.17, 15) is 4.79 Å². The van der Waals surface area contributed by atoms with Gasteiger partial charge in [-0.3, -0.25) is 4.79 Å². The molecule has 2 aliphatic carbocycles. The van der Waals surface area contributed by atoms with E-state index in [1.165, 1.54) is 43.2 Å². The molecule has 4 heteroatoms. The van der Waals surface area contributed by atoms with Crippen molar-refractivity contribution < 1.29 is 14.3 Å². The van der Waals surface area contributed by atoms with Crippen molar-refractivity contribution >= 4 is 5.91 Å². The van der Waals surface area contributed by atoms with E-state index in [2.05, 4.69) is 23.5 Å². The molecule has 1 spiro atoms. The average Bonchev–Trinajstić information content (AvgIpc) is 2.82. The largest absolute Gasteiger partial charge is 0.487 e. The summed E-state index contributed by atoms with van der Waals surface area (Å²) in [5.41, 5.74) is 3.74. The van der Waals surface area contributed by atoms with Gasteiger partial charge in [-0.25, -0.2) is 0 Å². The Morgan fingerprint density at radius 1 is 1.06 bits per heavy atom. The number of amides is 1. The molecule has 0 unspecified atom stereocenters. The van der Waals surface area contributed by atoms with Crippen molar-refractivity contribution in [2.75, 3.05) is 0 Å². The van der Waals surface area contributed by atoms with Gasteiger partial charge in [0.05, 0.1) is 6.04 Å². The average molecular weight is 434 g/mol. The molecule has 1 amide bonds. The lowest BCUT2D eigenvalue weighted by Gasteiger charge is -2.44. The van der Waals surface area contributed by atoms with Gasteiger partial charge in [0, 0.05) is 12.0 Å². The number of hydrogen-bond donors (Lipinski definition) is 1. The Balaban J connectivity index is 1.32. The van der Waals surface area contributed by atoms with Crippen LogP contribution in [0.3, 0.4) is 0 Å². The van der Waals surface area contributed by atoms with Gasteiger partial charge in [0.1, 0.15) is 17.1 Å². The number of nitrogens with one attached hydrogen (secondary N) is 1. The van der Waals surface area contributed by atoms with Crippen LogP contribution in [0.1, 0.15) is 87.4 Å². The molecule has 1 saturated carbocycles. The van der Waals surface area contributed by atoms with Gasteiger partial charge < -0.3 is 14.8 Å². The summed E-state index contributed by atoms with van der Waals surface area (Å²) in [7, 11) is 0. The molecule has 1 N–H and O–H groups in total. The SMILES string of the molecule is CC[C@@H](Oc1ccc2c(c1)CCCC2)C(=O)N[C@H]1CC2(CCCCC2)Oc2ccccc21. The zero-order valence-corrected chi connectivity index (χ0v) is 19.2. The monoisotopic (exact) mass is 433 g/mol. The third-order valence-corrected chi connectivity index (χ3v) is 7.54. The lowest BCUT2D eigenvalue weighted by atomic mass is 9.77. The molecule has 5 rings (SSSR count). The molecule has 2 aromatic carbocycles. The first kappa shape index (κ1) is 21.4. The van der Waals surface area contributed by atoms with Crippen LogP contribution in [-0.4, -0.2) is 17.6 Å². The normalized spacial score (nSPS) is 22.2. The predicted molar refractivity (Wildman–Crippen MR) is 126 cm³/mol. The topological polar surface area (TPSA) is 47.6 Å². The second kappa shape index (κ2) is 9.17. The fourth-order valence-corrected chi connectivity index (χ4v) is 5.78. The summed E-state index contributed by atoms with van der Waals surface area (Å²) in [4.78, 5) is 13.3. The highest BCUT2D eigenvalue weighted by Crippen LogP contribution is 2.46. The Hall–Kier alpha value is -2.49. The Labute approximate surface area is 191 Å². The van der Waals surface area contributed by atoms with Crippen LogP contribution in [-0.2, 0) is 17.6 Å². The molecule has 170 valence electrons. The molecule has 4 nitrogen and oxygen atoms in total. The number of ether oxygens (including phenoxy) is 2. The van der Waals surface area contributed by atoms with Gasteiger partial charge in [-0.2, -0.15) is 0 Å². The Morgan fingerprint density at radius 3 is 2.66 bits per heavy atom. The van der Waals surface area contributed by atoms with E-state index < -0.39 is 6.10 Å². The number of rotatable bonds is 5. The van der Waals surface area contributed by atoms with Gasteiger partial charge in [0.25, 0.3) is 5.91 Å². The molecule has 2 aromatic rings. The minimum absolute atomic E-state index is 0.0297. The maximum Gasteiger partial charge on any atom is 0.261 e. The summed E-state index contributed by atoms with van der Waals surface area (Å²) in [6.07, 6.45) is 11.5. The van der Waals surface area contributed by atoms with Crippen molar-refractivity contribution in [3.05, 3.63) is 59.2 Å². The van der Waals surface area contributed by atoms with Gasteiger partial charge >= 0.3 is 0 Å². The minimum atomic E-state index is -0.492. The van der Waals surface area contributed by atoms with Gasteiger partial charge in [-0.05, 0) is 87.1 Å². The van der Waals surface area contributed by atoms with Crippen LogP contribution >= 0.6 is 0 Å². The van der Waals surface area contributed by atoms with E-state index in [1.54, 1.807) is 0 Å². The third-order valence-electron chi connectivity index (χ3n) is 7.54. The summed E-state index contributed by atoms with van der Waals surface area (Å²) in [6, 6.07) is 14.5. The molecular formula is C28H35NO3. The summed E-state index contributed by atoms with van der Waals surface area (Å²) in [5, 5.41) is 3.34. The lowest BCUT2D eigenvalue weighted by Crippen LogP contribution is -2.48. The number of para-hydroxylation sites is 1. The second-order valence-electron chi connectivity index (χ2n) is 9.80. The molecule has 0 bridgehead atoms. The maximum atomic E-state index is 13.3. The highest BCUT2D eigenvalue weighted by atomic mass is 16.5. The maximum absolute atomic E-state index is 13.3. The number of fused-ring (bicyclic) bond motifs is 2. The van der Waals surface area contributed by atoms with Crippen LogP contribution in [0.2, 0.25) is 0 Å². The predicted octanol–water partition coefficient (Wildman–Crippen LogP) is 6.07. The van der Waals surface area contributed by atoms with E-state index in [1.807, 2.05) is 31.2 Å². The molecular weight excluding hydrogens is 398 g/mol. The van der Waals surface area contributed by atoms with E-state index >= 15 is 0 Å². The van der Waals surface area contributed by atoms with Crippen LogP contribution in [0.15, 0.2) is 42.5 Å². The lowest BCUT2D eigenvalue weighted by molar-refractivity contribution is -0.129. The van der Waals surface area contributed by atoms with Crippen molar-refractivity contribution in [3.8, 4) is 11.5 Å². The van der Waals surface area contributed by atoms with Crippen LogP contribution in [0, 0.1) is 0 Å². The van der Waals surface area contributed by atoms with Gasteiger partial charge in [-0.15, -0.1) is 0 Å². The van der Waals surface area contributed by atoms with Crippen LogP contribution < -0.4 is 14.8 Å². The Kier molecular flexibility index (Phi) is 6.12. The standard InChI is InChI=1S/C28H35NO3/c1-2-25(31-22-15-14-20-10-4-5-11-21(20)18-22)27(30)29-24-19-28(16-8-3-9-17-28)32-26-13-7-6-12-23(24)26/h6-7,12-15,18,24-25H,2-5,8-11,16-17,19H2,1H3,(H,29,30)/t24-,25+/m0/s1. The number of benzene rings is 2. The van der Waals surface area contributed by atoms with E-state index in [0.29, 0.717) is 6.42 Å². The second-order valence-corrected chi connectivity index (χ2v) is 9.80. The minimum Gasteiger partial charge on any atom is -0.487 e. The molecule has 3 aliphatic rings. The quantitative estimate of drug-likeness (QED) is 0.623. The Bertz CT molecular complexity index is 963. The number of carbonyl (C=O) groups excluding carboxylic acids is 1. The third kappa shape index (κ3) is 4.37. The van der Waals surface area contributed by atoms with Crippen molar-refractivity contribution in [1.29, 1.82) is 0 Å². The smallest absolute Gasteiger partial charge is 0.261 e. The van der Waals surface area contributed by atoms with Crippen LogP contribution in [0.4, 0.5) is 0 Å². The van der Waals surface area contributed by atoms with Gasteiger partial charge in [0.15, 0.2) is 6.10 Å². The zero-order valence-electron chi connectivity index (χ0n) is 19.2. The first-order valence-corrected chi connectivity index (χ1v) is 12.5. The van der Waals surface area contributed by atoms with Gasteiger partial charge in [0.2, 0.25) is 0 Å². The highest BCUT2D eigenvalue weighted by Gasteiger charge is 2.42.